The summed E-state index contributed by atoms with van der Waals surface area (Å²) < 4.78 is 0. The molecule has 0 aromatic heterocycles. The fourth-order valence-electron chi connectivity index (χ4n) is 2.66. The number of fused-ring (bicyclic) bond motifs is 1. The fourth-order valence-corrected chi connectivity index (χ4v) is 2.66. The van der Waals surface area contributed by atoms with Crippen LogP contribution in [0.2, 0.25) is 0 Å². The summed E-state index contributed by atoms with van der Waals surface area (Å²) in [5, 5.41) is 2.84. The Morgan fingerprint density at radius 1 is 1.24 bits per heavy atom. The highest BCUT2D eigenvalue weighted by Crippen LogP contribution is 2.33. The van der Waals surface area contributed by atoms with E-state index < -0.39 is 0 Å². The maximum atomic E-state index is 11.8. The summed E-state index contributed by atoms with van der Waals surface area (Å²) >= 11 is 0. The number of rotatable bonds is 1. The number of hydrogen-bond donors (Lipinski definition) is 1. The van der Waals surface area contributed by atoms with Gasteiger partial charge in [-0.15, -0.1) is 0 Å². The molecule has 1 N–H and O–H groups in total. The molecule has 17 heavy (non-hydrogen) atoms. The van der Waals surface area contributed by atoms with Crippen molar-refractivity contribution in [3.8, 4) is 0 Å². The molecule has 1 aromatic rings. The van der Waals surface area contributed by atoms with E-state index in [1.807, 2.05) is 29.2 Å². The molecule has 1 aromatic carbocycles. The van der Waals surface area contributed by atoms with Crippen molar-refractivity contribution in [3.05, 3.63) is 24.3 Å². The number of anilines is 2. The topological polar surface area (TPSA) is 49.4 Å². The second-order valence-electron chi connectivity index (χ2n) is 4.57. The van der Waals surface area contributed by atoms with E-state index in [0.717, 1.165) is 24.2 Å². The first kappa shape index (κ1) is 10.3. The second kappa shape index (κ2) is 3.87. The van der Waals surface area contributed by atoms with Gasteiger partial charge < -0.3 is 10.2 Å². The molecule has 88 valence electrons. The van der Waals surface area contributed by atoms with E-state index in [-0.39, 0.29) is 24.3 Å². The first-order chi connectivity index (χ1) is 8.25. The fraction of sp³-hybridized carbons (Fsp3) is 0.385. The number of para-hydroxylation sites is 2. The number of amides is 1. The monoisotopic (exact) mass is 230 g/mol. The van der Waals surface area contributed by atoms with Crippen molar-refractivity contribution < 1.29 is 9.59 Å². The molecular weight excluding hydrogens is 216 g/mol. The summed E-state index contributed by atoms with van der Waals surface area (Å²) in [4.78, 5) is 25.4. The van der Waals surface area contributed by atoms with Crippen LogP contribution < -0.4 is 10.2 Å². The van der Waals surface area contributed by atoms with Gasteiger partial charge in [-0.2, -0.15) is 0 Å². The van der Waals surface area contributed by atoms with Crippen molar-refractivity contribution in [2.24, 2.45) is 0 Å². The third-order valence-electron chi connectivity index (χ3n) is 3.45. The maximum absolute atomic E-state index is 11.8. The number of Topliss-reactive ketones (excluding diaryl/α,β-unsaturated/α-hetero) is 1. The lowest BCUT2D eigenvalue weighted by molar-refractivity contribution is -0.118. The Morgan fingerprint density at radius 3 is 2.82 bits per heavy atom. The maximum Gasteiger partial charge on any atom is 0.243 e. The van der Waals surface area contributed by atoms with Crippen LogP contribution in [-0.4, -0.2) is 24.3 Å². The number of nitrogens with zero attached hydrogens (tertiary/aromatic N) is 1. The number of benzene rings is 1. The number of hydrogen-bond acceptors (Lipinski definition) is 3. The summed E-state index contributed by atoms with van der Waals surface area (Å²) in [5.41, 5.74) is 1.77. The molecule has 2 aliphatic rings. The molecule has 3 rings (SSSR count). The molecule has 1 heterocycles. The Hall–Kier alpha value is -1.84. The van der Waals surface area contributed by atoms with Crippen molar-refractivity contribution >= 4 is 23.1 Å². The van der Waals surface area contributed by atoms with Gasteiger partial charge in [0.2, 0.25) is 5.91 Å². The minimum atomic E-state index is -0.109. The summed E-state index contributed by atoms with van der Waals surface area (Å²) in [6.07, 6.45) is 2.44. The van der Waals surface area contributed by atoms with Crippen molar-refractivity contribution in [2.45, 2.75) is 25.3 Å². The van der Waals surface area contributed by atoms with E-state index in [9.17, 15) is 9.59 Å². The Bertz CT molecular complexity index is 484. The van der Waals surface area contributed by atoms with Crippen LogP contribution in [0.1, 0.15) is 19.3 Å². The third-order valence-corrected chi connectivity index (χ3v) is 3.45. The highest BCUT2D eigenvalue weighted by atomic mass is 16.2. The van der Waals surface area contributed by atoms with E-state index >= 15 is 0 Å². The Balaban J connectivity index is 2.00. The smallest absolute Gasteiger partial charge is 0.243 e. The van der Waals surface area contributed by atoms with Crippen LogP contribution in [0.3, 0.4) is 0 Å². The quantitative estimate of drug-likeness (QED) is 0.796. The van der Waals surface area contributed by atoms with Crippen LogP contribution in [0.25, 0.3) is 0 Å². The van der Waals surface area contributed by atoms with Crippen LogP contribution >= 0.6 is 0 Å². The molecule has 0 radical (unpaired) electrons. The van der Waals surface area contributed by atoms with Gasteiger partial charge >= 0.3 is 0 Å². The Morgan fingerprint density at radius 2 is 2.06 bits per heavy atom. The molecule has 0 saturated heterocycles. The van der Waals surface area contributed by atoms with Gasteiger partial charge in [-0.25, -0.2) is 0 Å². The molecule has 4 heteroatoms. The minimum absolute atomic E-state index is 0.0385. The van der Waals surface area contributed by atoms with E-state index in [0.29, 0.717) is 6.42 Å². The summed E-state index contributed by atoms with van der Waals surface area (Å²) in [7, 11) is 0. The van der Waals surface area contributed by atoms with Crippen molar-refractivity contribution in [1.82, 2.24) is 0 Å². The van der Waals surface area contributed by atoms with E-state index in [1.165, 1.54) is 0 Å². The highest BCUT2D eigenvalue weighted by molar-refractivity contribution is 6.03. The lowest BCUT2D eigenvalue weighted by Crippen LogP contribution is -2.46. The molecule has 1 aliphatic heterocycles. The first-order valence-corrected chi connectivity index (χ1v) is 5.94. The summed E-state index contributed by atoms with van der Waals surface area (Å²) in [6.45, 7) is 0.285. The van der Waals surface area contributed by atoms with Crippen LogP contribution in [0.5, 0.6) is 0 Å². The zero-order chi connectivity index (χ0) is 11.8. The molecule has 1 amide bonds. The Kier molecular flexibility index (Phi) is 2.35. The zero-order valence-corrected chi connectivity index (χ0v) is 9.48. The van der Waals surface area contributed by atoms with Crippen LogP contribution in [-0.2, 0) is 9.59 Å². The SMILES string of the molecule is O=C1CN(C2CCCC2=O)c2ccccc2N1. The van der Waals surface area contributed by atoms with E-state index in [2.05, 4.69) is 5.32 Å². The van der Waals surface area contributed by atoms with Crippen LogP contribution in [0.15, 0.2) is 24.3 Å². The third kappa shape index (κ3) is 1.69. The average molecular weight is 230 g/mol. The van der Waals surface area contributed by atoms with Crippen molar-refractivity contribution in [2.75, 3.05) is 16.8 Å². The standard InChI is InChI=1S/C13H14N2O2/c16-12-7-3-6-11(12)15-8-13(17)14-9-4-1-2-5-10(9)15/h1-2,4-5,11H,3,6-8H2,(H,14,17). The molecule has 4 nitrogen and oxygen atoms in total. The number of ketones is 1. The van der Waals surface area contributed by atoms with Gasteiger partial charge in [0.15, 0.2) is 5.78 Å². The van der Waals surface area contributed by atoms with Crippen LogP contribution in [0, 0.1) is 0 Å². The minimum Gasteiger partial charge on any atom is -0.350 e. The molecule has 0 spiro atoms. The number of nitrogens with one attached hydrogen (secondary N) is 1. The molecule has 1 atom stereocenters. The van der Waals surface area contributed by atoms with Gasteiger partial charge in [0.05, 0.1) is 24.0 Å². The lowest BCUT2D eigenvalue weighted by atomic mass is 10.1. The largest absolute Gasteiger partial charge is 0.350 e. The van der Waals surface area contributed by atoms with Gasteiger partial charge in [-0.05, 0) is 25.0 Å². The number of carbonyl (C=O) groups is 2. The highest BCUT2D eigenvalue weighted by Gasteiger charge is 2.34. The molecule has 0 bridgehead atoms. The van der Waals surface area contributed by atoms with Crippen molar-refractivity contribution in [1.29, 1.82) is 0 Å². The summed E-state index contributed by atoms with van der Waals surface area (Å²) in [5.74, 6) is 0.220. The molecule has 1 unspecified atom stereocenters. The van der Waals surface area contributed by atoms with Gasteiger partial charge in [-0.3, -0.25) is 9.59 Å². The van der Waals surface area contributed by atoms with Gasteiger partial charge in [0.25, 0.3) is 0 Å². The molecule has 1 aliphatic carbocycles. The number of carbonyl (C=O) groups excluding carboxylic acids is 2. The predicted molar refractivity (Wildman–Crippen MR) is 65.1 cm³/mol. The molecular formula is C13H14N2O2. The van der Waals surface area contributed by atoms with Crippen LogP contribution in [0.4, 0.5) is 11.4 Å². The molecule has 1 fully saturated rings. The van der Waals surface area contributed by atoms with Gasteiger partial charge in [-0.1, -0.05) is 12.1 Å². The lowest BCUT2D eigenvalue weighted by Gasteiger charge is -2.34. The first-order valence-electron chi connectivity index (χ1n) is 5.94. The zero-order valence-electron chi connectivity index (χ0n) is 9.48. The average Bonchev–Trinajstić information content (AvgIpc) is 2.74. The van der Waals surface area contributed by atoms with Gasteiger partial charge in [0.1, 0.15) is 0 Å². The Labute approximate surface area is 99.6 Å². The predicted octanol–water partition coefficient (Wildman–Crippen LogP) is 1.57. The van der Waals surface area contributed by atoms with Gasteiger partial charge in [0, 0.05) is 6.42 Å². The normalized spacial score (nSPS) is 23.5. The van der Waals surface area contributed by atoms with E-state index in [4.69, 9.17) is 0 Å². The summed E-state index contributed by atoms with van der Waals surface area (Å²) in [6, 6.07) is 7.54. The molecule has 1 saturated carbocycles. The van der Waals surface area contributed by atoms with Crippen molar-refractivity contribution in [3.63, 3.8) is 0 Å². The van der Waals surface area contributed by atoms with E-state index in [1.54, 1.807) is 0 Å². The second-order valence-corrected chi connectivity index (χ2v) is 4.57.